The van der Waals surface area contributed by atoms with Gasteiger partial charge in [-0.3, -0.25) is 0 Å². The Balaban J connectivity index is 1.50. The van der Waals surface area contributed by atoms with Gasteiger partial charge in [0.2, 0.25) is 0 Å². The fraction of sp³-hybridized carbons (Fsp3) is 0.316. The molecule has 0 aliphatic carbocycles. The Hall–Kier alpha value is -2.05. The molecular weight excluding hydrogens is 380 g/mol. The number of nitrogens with one attached hydrogen (secondary N) is 2. The molecule has 0 spiro atoms. The summed E-state index contributed by atoms with van der Waals surface area (Å²) in [6.45, 7) is 4.73. The summed E-state index contributed by atoms with van der Waals surface area (Å²) in [7, 11) is 2.15. The summed E-state index contributed by atoms with van der Waals surface area (Å²) in [5.41, 5.74) is 3.05. The maximum atomic E-state index is 12.0. The Bertz CT molecular complexity index is 712. The van der Waals surface area contributed by atoms with E-state index in [-0.39, 0.29) is 6.03 Å². The molecule has 1 fully saturated rings. The zero-order valence-corrected chi connectivity index (χ0v) is 15.9. The van der Waals surface area contributed by atoms with Gasteiger partial charge in [-0.15, -0.1) is 0 Å². The molecule has 6 heteroatoms. The minimum Gasteiger partial charge on any atom is -0.369 e. The van der Waals surface area contributed by atoms with E-state index in [2.05, 4.69) is 55.5 Å². The number of urea groups is 1. The standard InChI is InChI=1S/C19H23BrN4O/c1-23-9-11-24(12-10-23)18-7-5-17(6-8-18)22-19(25)21-14-15-3-2-4-16(20)13-15/h2-8,13H,9-12,14H2,1H3,(H2,21,22,25). The van der Waals surface area contributed by atoms with E-state index in [9.17, 15) is 4.79 Å². The van der Waals surface area contributed by atoms with Gasteiger partial charge in [-0.05, 0) is 49.0 Å². The number of carbonyl (C=O) groups is 1. The molecule has 132 valence electrons. The first kappa shape index (κ1) is 17.8. The third-order valence-corrected chi connectivity index (χ3v) is 4.83. The Labute approximate surface area is 157 Å². The third kappa shape index (κ3) is 5.21. The molecule has 0 unspecified atom stereocenters. The molecule has 2 N–H and O–H groups in total. The van der Waals surface area contributed by atoms with E-state index >= 15 is 0 Å². The summed E-state index contributed by atoms with van der Waals surface area (Å²) in [6, 6.07) is 15.7. The number of hydrogen-bond donors (Lipinski definition) is 2. The van der Waals surface area contributed by atoms with Crippen molar-refractivity contribution in [3.8, 4) is 0 Å². The molecule has 0 bridgehead atoms. The highest BCUT2D eigenvalue weighted by Gasteiger charge is 2.14. The Morgan fingerprint density at radius 3 is 2.48 bits per heavy atom. The third-order valence-electron chi connectivity index (χ3n) is 4.34. The fourth-order valence-electron chi connectivity index (χ4n) is 2.82. The van der Waals surface area contributed by atoms with Crippen molar-refractivity contribution in [1.29, 1.82) is 0 Å². The van der Waals surface area contributed by atoms with Crippen LogP contribution in [-0.2, 0) is 6.54 Å². The Kier molecular flexibility index (Phi) is 5.94. The molecule has 1 aliphatic heterocycles. The highest BCUT2D eigenvalue weighted by molar-refractivity contribution is 9.10. The highest BCUT2D eigenvalue weighted by Crippen LogP contribution is 2.19. The topological polar surface area (TPSA) is 47.6 Å². The molecule has 2 aromatic carbocycles. The van der Waals surface area contributed by atoms with Crippen molar-refractivity contribution in [2.45, 2.75) is 6.54 Å². The molecule has 25 heavy (non-hydrogen) atoms. The summed E-state index contributed by atoms with van der Waals surface area (Å²) in [5, 5.41) is 5.75. The molecule has 0 aromatic heterocycles. The lowest BCUT2D eigenvalue weighted by molar-refractivity contribution is 0.251. The van der Waals surface area contributed by atoms with Crippen LogP contribution in [-0.4, -0.2) is 44.2 Å². The van der Waals surface area contributed by atoms with Gasteiger partial charge in [0.1, 0.15) is 0 Å². The predicted octanol–water partition coefficient (Wildman–Crippen LogP) is 3.52. The second kappa shape index (κ2) is 8.36. The van der Waals surface area contributed by atoms with Crippen molar-refractivity contribution in [2.24, 2.45) is 0 Å². The van der Waals surface area contributed by atoms with Crippen molar-refractivity contribution in [3.05, 3.63) is 58.6 Å². The summed E-state index contributed by atoms with van der Waals surface area (Å²) < 4.78 is 1.01. The molecule has 1 aliphatic rings. The molecule has 1 heterocycles. The first-order chi connectivity index (χ1) is 12.1. The zero-order valence-electron chi connectivity index (χ0n) is 14.3. The number of halogens is 1. The van der Waals surface area contributed by atoms with Gasteiger partial charge in [0.05, 0.1) is 0 Å². The molecule has 2 amide bonds. The van der Waals surface area contributed by atoms with Crippen LogP contribution in [0.4, 0.5) is 16.2 Å². The molecule has 3 rings (SSSR count). The van der Waals surface area contributed by atoms with Gasteiger partial charge in [0, 0.05) is 48.6 Å². The molecule has 0 saturated carbocycles. The van der Waals surface area contributed by atoms with E-state index in [0.29, 0.717) is 6.54 Å². The van der Waals surface area contributed by atoms with Crippen LogP contribution in [0.2, 0.25) is 0 Å². The summed E-state index contributed by atoms with van der Waals surface area (Å²) in [4.78, 5) is 16.8. The van der Waals surface area contributed by atoms with Gasteiger partial charge in [0.25, 0.3) is 0 Å². The first-order valence-corrected chi connectivity index (χ1v) is 9.22. The smallest absolute Gasteiger partial charge is 0.319 e. The zero-order chi connectivity index (χ0) is 17.6. The van der Waals surface area contributed by atoms with Crippen LogP contribution in [0, 0.1) is 0 Å². The predicted molar refractivity (Wildman–Crippen MR) is 106 cm³/mol. The van der Waals surface area contributed by atoms with Crippen LogP contribution in [0.5, 0.6) is 0 Å². The molecule has 1 saturated heterocycles. The quantitative estimate of drug-likeness (QED) is 0.822. The molecule has 5 nitrogen and oxygen atoms in total. The van der Waals surface area contributed by atoms with E-state index in [1.807, 2.05) is 36.4 Å². The minimum absolute atomic E-state index is 0.202. The van der Waals surface area contributed by atoms with Crippen molar-refractivity contribution in [1.82, 2.24) is 10.2 Å². The second-order valence-corrected chi connectivity index (χ2v) is 7.19. The molecule has 2 aromatic rings. The lowest BCUT2D eigenvalue weighted by atomic mass is 10.2. The maximum Gasteiger partial charge on any atom is 0.319 e. The lowest BCUT2D eigenvalue weighted by Gasteiger charge is -2.34. The summed E-state index contributed by atoms with van der Waals surface area (Å²) in [5.74, 6) is 0. The molecule has 0 atom stereocenters. The van der Waals surface area contributed by atoms with Crippen LogP contribution in [0.3, 0.4) is 0 Å². The van der Waals surface area contributed by atoms with Gasteiger partial charge in [-0.1, -0.05) is 28.1 Å². The molecular formula is C19H23BrN4O. The monoisotopic (exact) mass is 402 g/mol. The van der Waals surface area contributed by atoms with Crippen molar-refractivity contribution in [3.63, 3.8) is 0 Å². The van der Waals surface area contributed by atoms with Crippen LogP contribution >= 0.6 is 15.9 Å². The summed E-state index contributed by atoms with van der Waals surface area (Å²) >= 11 is 3.43. The van der Waals surface area contributed by atoms with Crippen molar-refractivity contribution < 1.29 is 4.79 Å². The van der Waals surface area contributed by atoms with E-state index in [1.54, 1.807) is 0 Å². The number of rotatable bonds is 4. The van der Waals surface area contributed by atoms with Gasteiger partial charge in [-0.2, -0.15) is 0 Å². The van der Waals surface area contributed by atoms with Crippen molar-refractivity contribution in [2.75, 3.05) is 43.4 Å². The second-order valence-electron chi connectivity index (χ2n) is 6.27. The summed E-state index contributed by atoms with van der Waals surface area (Å²) in [6.07, 6.45) is 0. The lowest BCUT2D eigenvalue weighted by Crippen LogP contribution is -2.44. The SMILES string of the molecule is CN1CCN(c2ccc(NC(=O)NCc3cccc(Br)c3)cc2)CC1. The number of piperazine rings is 1. The first-order valence-electron chi connectivity index (χ1n) is 8.43. The van der Waals surface area contributed by atoms with Crippen molar-refractivity contribution >= 4 is 33.3 Å². The van der Waals surface area contributed by atoms with Crippen LogP contribution < -0.4 is 15.5 Å². The number of likely N-dealkylation sites (N-methyl/N-ethyl adjacent to an activating group) is 1. The number of carbonyl (C=O) groups excluding carboxylic acids is 1. The highest BCUT2D eigenvalue weighted by atomic mass is 79.9. The van der Waals surface area contributed by atoms with E-state index in [4.69, 9.17) is 0 Å². The van der Waals surface area contributed by atoms with Gasteiger partial charge < -0.3 is 20.4 Å². The largest absolute Gasteiger partial charge is 0.369 e. The number of amides is 2. The maximum absolute atomic E-state index is 12.0. The normalized spacial score (nSPS) is 15.0. The number of hydrogen-bond acceptors (Lipinski definition) is 3. The Morgan fingerprint density at radius 1 is 1.08 bits per heavy atom. The minimum atomic E-state index is -0.202. The van der Waals surface area contributed by atoms with Gasteiger partial charge >= 0.3 is 6.03 Å². The van der Waals surface area contributed by atoms with E-state index in [0.717, 1.165) is 41.9 Å². The fourth-order valence-corrected chi connectivity index (χ4v) is 3.27. The number of benzene rings is 2. The van der Waals surface area contributed by atoms with E-state index < -0.39 is 0 Å². The van der Waals surface area contributed by atoms with Crippen LogP contribution in [0.1, 0.15) is 5.56 Å². The van der Waals surface area contributed by atoms with Gasteiger partial charge in [-0.25, -0.2) is 4.79 Å². The average Bonchev–Trinajstić information content (AvgIpc) is 2.62. The number of nitrogens with zero attached hydrogens (tertiary/aromatic N) is 2. The number of anilines is 2. The van der Waals surface area contributed by atoms with Gasteiger partial charge in [0.15, 0.2) is 0 Å². The average molecular weight is 403 g/mol. The van der Waals surface area contributed by atoms with Crippen LogP contribution in [0.25, 0.3) is 0 Å². The van der Waals surface area contributed by atoms with Crippen LogP contribution in [0.15, 0.2) is 53.0 Å². The Morgan fingerprint density at radius 2 is 1.80 bits per heavy atom. The molecule has 0 radical (unpaired) electrons. The van der Waals surface area contributed by atoms with E-state index in [1.165, 1.54) is 5.69 Å².